The highest BCUT2D eigenvalue weighted by atomic mass is 32.1. The molecule has 24 heavy (non-hydrogen) atoms. The molecular weight excluding hydrogens is 316 g/mol. The Labute approximate surface area is 147 Å². The predicted molar refractivity (Wildman–Crippen MR) is 98.3 cm³/mol. The zero-order chi connectivity index (χ0) is 16.6. The lowest BCUT2D eigenvalue weighted by Gasteiger charge is -2.30. The number of piperidine rings is 1. The molecule has 1 unspecified atom stereocenters. The van der Waals surface area contributed by atoms with Crippen molar-refractivity contribution in [2.45, 2.75) is 38.8 Å². The van der Waals surface area contributed by atoms with Crippen molar-refractivity contribution in [1.29, 1.82) is 0 Å². The van der Waals surface area contributed by atoms with Gasteiger partial charge in [-0.1, -0.05) is 18.2 Å². The summed E-state index contributed by atoms with van der Waals surface area (Å²) in [6.45, 7) is 4.93. The number of nitrogens with zero attached hydrogens (tertiary/aromatic N) is 1. The second-order valence-electron chi connectivity index (χ2n) is 7.21. The Balaban J connectivity index is 1.61. The van der Waals surface area contributed by atoms with E-state index in [1.54, 1.807) is 11.3 Å². The Morgan fingerprint density at radius 2 is 2.08 bits per heavy atom. The molecule has 0 bridgehead atoms. The summed E-state index contributed by atoms with van der Waals surface area (Å²) in [7, 11) is 0. The first-order valence-corrected chi connectivity index (χ1v) is 9.72. The number of hydrogen-bond donors (Lipinski definition) is 1. The lowest BCUT2D eigenvalue weighted by Crippen LogP contribution is -2.39. The van der Waals surface area contributed by atoms with E-state index in [9.17, 15) is 4.79 Å². The fourth-order valence-corrected chi connectivity index (χ4v) is 4.76. The molecule has 2 fully saturated rings. The molecule has 1 aromatic heterocycles. The number of rotatable bonds is 4. The first-order chi connectivity index (χ1) is 11.7. The summed E-state index contributed by atoms with van der Waals surface area (Å²) in [5, 5.41) is 7.71. The van der Waals surface area contributed by atoms with Gasteiger partial charge in [0, 0.05) is 18.2 Å². The van der Waals surface area contributed by atoms with Gasteiger partial charge in [0.1, 0.15) is 0 Å². The Kier molecular flexibility index (Phi) is 4.19. The van der Waals surface area contributed by atoms with E-state index in [1.807, 2.05) is 31.2 Å². The van der Waals surface area contributed by atoms with E-state index in [2.05, 4.69) is 27.0 Å². The molecule has 2 aliphatic rings. The Bertz CT molecular complexity index is 719. The van der Waals surface area contributed by atoms with Gasteiger partial charge in [-0.05, 0) is 78.7 Å². The largest absolute Gasteiger partial charge is 0.331 e. The van der Waals surface area contributed by atoms with E-state index in [0.717, 1.165) is 37.2 Å². The standard InChI is InChI=1S/C20H24N2OS/c1-15-4-2-3-5-17(15)19(23)22(13-16-6-11-24-14-16)18-12-20(18)7-9-21-10-8-20/h2-6,11,14,18,21H,7-10,12-13H2,1H3. The van der Waals surface area contributed by atoms with Crippen molar-refractivity contribution in [2.75, 3.05) is 13.1 Å². The van der Waals surface area contributed by atoms with Crippen LogP contribution < -0.4 is 5.32 Å². The molecule has 1 spiro atoms. The molecule has 1 atom stereocenters. The molecule has 1 saturated heterocycles. The van der Waals surface area contributed by atoms with Crippen LogP contribution in [-0.2, 0) is 6.54 Å². The second kappa shape index (κ2) is 6.34. The third-order valence-electron chi connectivity index (χ3n) is 5.69. The van der Waals surface area contributed by atoms with Gasteiger partial charge in [-0.3, -0.25) is 4.79 Å². The highest BCUT2D eigenvalue weighted by Crippen LogP contribution is 2.56. The smallest absolute Gasteiger partial charge is 0.254 e. The number of thiophene rings is 1. The van der Waals surface area contributed by atoms with Gasteiger partial charge < -0.3 is 10.2 Å². The van der Waals surface area contributed by atoms with Crippen LogP contribution in [0.15, 0.2) is 41.1 Å². The molecule has 1 N–H and O–H groups in total. The minimum atomic E-state index is 0.194. The van der Waals surface area contributed by atoms with Gasteiger partial charge in [-0.2, -0.15) is 11.3 Å². The van der Waals surface area contributed by atoms with Crippen molar-refractivity contribution >= 4 is 17.2 Å². The summed E-state index contributed by atoms with van der Waals surface area (Å²) in [6.07, 6.45) is 3.55. The van der Waals surface area contributed by atoms with Crippen molar-refractivity contribution in [3.63, 3.8) is 0 Å². The number of hydrogen-bond acceptors (Lipinski definition) is 3. The zero-order valence-electron chi connectivity index (χ0n) is 14.1. The minimum Gasteiger partial charge on any atom is -0.331 e. The summed E-state index contributed by atoms with van der Waals surface area (Å²) >= 11 is 1.70. The van der Waals surface area contributed by atoms with Crippen molar-refractivity contribution in [3.05, 3.63) is 57.8 Å². The second-order valence-corrected chi connectivity index (χ2v) is 7.99. The SMILES string of the molecule is Cc1ccccc1C(=O)N(Cc1ccsc1)C1CC12CCNCC2. The molecule has 2 aromatic rings. The van der Waals surface area contributed by atoms with Gasteiger partial charge in [0.05, 0.1) is 0 Å². The number of amides is 1. The lowest BCUT2D eigenvalue weighted by molar-refractivity contribution is 0.0691. The maximum atomic E-state index is 13.3. The third kappa shape index (κ3) is 2.89. The molecule has 4 rings (SSSR count). The van der Waals surface area contributed by atoms with Crippen LogP contribution in [0, 0.1) is 12.3 Å². The summed E-state index contributed by atoms with van der Waals surface area (Å²) < 4.78 is 0. The highest BCUT2D eigenvalue weighted by Gasteiger charge is 2.57. The van der Waals surface area contributed by atoms with Gasteiger partial charge >= 0.3 is 0 Å². The monoisotopic (exact) mass is 340 g/mol. The molecule has 2 heterocycles. The maximum absolute atomic E-state index is 13.3. The Morgan fingerprint density at radius 1 is 1.29 bits per heavy atom. The minimum absolute atomic E-state index is 0.194. The van der Waals surface area contributed by atoms with Crippen LogP contribution in [0.2, 0.25) is 0 Å². The molecule has 1 saturated carbocycles. The topological polar surface area (TPSA) is 32.3 Å². The van der Waals surface area contributed by atoms with Gasteiger partial charge in [0.25, 0.3) is 5.91 Å². The normalized spacial score (nSPS) is 21.6. The van der Waals surface area contributed by atoms with E-state index in [-0.39, 0.29) is 5.91 Å². The van der Waals surface area contributed by atoms with Crippen LogP contribution in [0.1, 0.15) is 40.7 Å². The summed E-state index contributed by atoms with van der Waals surface area (Å²) in [4.78, 5) is 15.5. The molecule has 1 aliphatic heterocycles. The summed E-state index contributed by atoms with van der Waals surface area (Å²) in [5.74, 6) is 0.194. The zero-order valence-corrected chi connectivity index (χ0v) is 14.9. The molecule has 1 amide bonds. The van der Waals surface area contributed by atoms with Crippen LogP contribution in [0.5, 0.6) is 0 Å². The fraction of sp³-hybridized carbons (Fsp3) is 0.450. The average Bonchev–Trinajstić information content (AvgIpc) is 3.04. The van der Waals surface area contributed by atoms with Crippen molar-refractivity contribution in [1.82, 2.24) is 10.2 Å². The van der Waals surface area contributed by atoms with Crippen LogP contribution in [0.4, 0.5) is 0 Å². The molecule has 0 radical (unpaired) electrons. The van der Waals surface area contributed by atoms with E-state index >= 15 is 0 Å². The summed E-state index contributed by atoms with van der Waals surface area (Å²) in [5.41, 5.74) is 3.53. The van der Waals surface area contributed by atoms with E-state index < -0.39 is 0 Å². The fourth-order valence-electron chi connectivity index (χ4n) is 4.10. The van der Waals surface area contributed by atoms with E-state index in [1.165, 1.54) is 18.4 Å². The molecule has 3 nitrogen and oxygen atoms in total. The molecule has 1 aromatic carbocycles. The number of benzene rings is 1. The number of nitrogens with one attached hydrogen (secondary N) is 1. The van der Waals surface area contributed by atoms with Crippen molar-refractivity contribution < 1.29 is 4.79 Å². The van der Waals surface area contributed by atoms with Crippen LogP contribution >= 0.6 is 11.3 Å². The van der Waals surface area contributed by atoms with Crippen molar-refractivity contribution in [2.24, 2.45) is 5.41 Å². The molecular formula is C20H24N2OS. The van der Waals surface area contributed by atoms with Gasteiger partial charge in [-0.25, -0.2) is 0 Å². The quantitative estimate of drug-likeness (QED) is 0.917. The molecule has 4 heteroatoms. The first kappa shape index (κ1) is 15.9. The molecule has 1 aliphatic carbocycles. The van der Waals surface area contributed by atoms with Gasteiger partial charge in [0.2, 0.25) is 0 Å². The average molecular weight is 340 g/mol. The summed E-state index contributed by atoms with van der Waals surface area (Å²) in [6, 6.07) is 10.5. The first-order valence-electron chi connectivity index (χ1n) is 8.78. The Hall–Kier alpha value is -1.65. The molecule has 126 valence electrons. The Morgan fingerprint density at radius 3 is 2.79 bits per heavy atom. The number of aryl methyl sites for hydroxylation is 1. The highest BCUT2D eigenvalue weighted by molar-refractivity contribution is 7.07. The van der Waals surface area contributed by atoms with Crippen LogP contribution in [-0.4, -0.2) is 29.9 Å². The van der Waals surface area contributed by atoms with Crippen molar-refractivity contribution in [3.8, 4) is 0 Å². The lowest BCUT2D eigenvalue weighted by atomic mass is 9.93. The number of carbonyl (C=O) groups is 1. The van der Waals surface area contributed by atoms with E-state index in [4.69, 9.17) is 0 Å². The third-order valence-corrected chi connectivity index (χ3v) is 6.42. The predicted octanol–water partition coefficient (Wildman–Crippen LogP) is 3.84. The van der Waals surface area contributed by atoms with E-state index in [0.29, 0.717) is 11.5 Å². The maximum Gasteiger partial charge on any atom is 0.254 e. The number of carbonyl (C=O) groups excluding carboxylic acids is 1. The van der Waals surface area contributed by atoms with Gasteiger partial charge in [-0.15, -0.1) is 0 Å². The van der Waals surface area contributed by atoms with Crippen LogP contribution in [0.3, 0.4) is 0 Å². The van der Waals surface area contributed by atoms with Crippen LogP contribution in [0.25, 0.3) is 0 Å². The van der Waals surface area contributed by atoms with Gasteiger partial charge in [0.15, 0.2) is 0 Å².